The number of nitrogens with one attached hydrogen (secondary N) is 3. The Kier molecular flexibility index (Phi) is 11.7. The standard InChI is InChI=1S/C27H34N4O6/c1-4-6-14-37-24(32)16-23(27(35)29-17-25(33)36-5-2)19-10-12-21(13-11-19)31-26(34)20-8-7-9-22(15-20)30-18(3)28/h7-13,15,23,30H,3-6,14,16-17,28H2,1-2H3,(H,29,35)(H,31,34). The molecule has 198 valence electrons. The van der Waals surface area contributed by atoms with E-state index in [0.29, 0.717) is 22.5 Å². The lowest BCUT2D eigenvalue weighted by molar-refractivity contribution is -0.146. The summed E-state index contributed by atoms with van der Waals surface area (Å²) >= 11 is 0. The number of hydrogen-bond donors (Lipinski definition) is 4. The normalized spacial score (nSPS) is 11.1. The SMILES string of the molecule is C=C(N)Nc1cccc(C(=O)Nc2ccc(C(CC(=O)OCCCC)C(=O)NCC(=O)OCC)cc2)c1. The zero-order chi connectivity index (χ0) is 27.2. The topological polar surface area (TPSA) is 149 Å². The summed E-state index contributed by atoms with van der Waals surface area (Å²) in [7, 11) is 0. The van der Waals surface area contributed by atoms with E-state index in [1.54, 1.807) is 55.5 Å². The van der Waals surface area contributed by atoms with Gasteiger partial charge in [-0.1, -0.05) is 38.1 Å². The van der Waals surface area contributed by atoms with Gasteiger partial charge in [0.25, 0.3) is 5.91 Å². The first-order chi connectivity index (χ1) is 17.7. The summed E-state index contributed by atoms with van der Waals surface area (Å²) in [4.78, 5) is 49.5. The molecule has 2 aromatic rings. The molecule has 0 aliphatic heterocycles. The van der Waals surface area contributed by atoms with Crippen molar-refractivity contribution in [1.29, 1.82) is 0 Å². The van der Waals surface area contributed by atoms with E-state index in [2.05, 4.69) is 22.5 Å². The first-order valence-corrected chi connectivity index (χ1v) is 12.0. The number of anilines is 2. The van der Waals surface area contributed by atoms with Crippen LogP contribution in [-0.2, 0) is 23.9 Å². The van der Waals surface area contributed by atoms with Crippen LogP contribution >= 0.6 is 0 Å². The van der Waals surface area contributed by atoms with E-state index >= 15 is 0 Å². The second-order valence-corrected chi connectivity index (χ2v) is 8.16. The molecule has 0 saturated heterocycles. The van der Waals surface area contributed by atoms with E-state index in [9.17, 15) is 19.2 Å². The quantitative estimate of drug-likeness (QED) is 0.223. The largest absolute Gasteiger partial charge is 0.466 e. The Bertz CT molecular complexity index is 1100. The number of carbonyl (C=O) groups is 4. The minimum Gasteiger partial charge on any atom is -0.466 e. The number of rotatable bonds is 14. The van der Waals surface area contributed by atoms with Crippen LogP contribution in [0, 0.1) is 0 Å². The van der Waals surface area contributed by atoms with Gasteiger partial charge in [-0.2, -0.15) is 0 Å². The van der Waals surface area contributed by atoms with Crippen molar-refractivity contribution in [2.45, 2.75) is 39.0 Å². The Morgan fingerprint density at radius 3 is 2.32 bits per heavy atom. The average molecular weight is 511 g/mol. The van der Waals surface area contributed by atoms with Crippen molar-refractivity contribution >= 4 is 35.1 Å². The highest BCUT2D eigenvalue weighted by Gasteiger charge is 2.25. The monoisotopic (exact) mass is 510 g/mol. The molecule has 5 N–H and O–H groups in total. The number of esters is 2. The maximum atomic E-state index is 12.9. The van der Waals surface area contributed by atoms with Gasteiger partial charge >= 0.3 is 11.9 Å². The average Bonchev–Trinajstić information content (AvgIpc) is 2.86. The Hall–Kier alpha value is -4.34. The van der Waals surface area contributed by atoms with Crippen LogP contribution in [0.1, 0.15) is 54.9 Å². The summed E-state index contributed by atoms with van der Waals surface area (Å²) in [6.45, 7) is 7.37. The third-order valence-electron chi connectivity index (χ3n) is 5.16. The smallest absolute Gasteiger partial charge is 0.325 e. The zero-order valence-electron chi connectivity index (χ0n) is 21.2. The Labute approximate surface area is 216 Å². The molecule has 2 amide bonds. The molecule has 1 unspecified atom stereocenters. The molecular formula is C27H34N4O6. The number of nitrogens with two attached hydrogens (primary N) is 1. The van der Waals surface area contributed by atoms with Crippen LogP contribution in [0.25, 0.3) is 0 Å². The molecule has 10 heteroatoms. The van der Waals surface area contributed by atoms with E-state index in [1.165, 1.54) is 0 Å². The molecular weight excluding hydrogens is 476 g/mol. The van der Waals surface area contributed by atoms with Crippen molar-refractivity contribution in [3.63, 3.8) is 0 Å². The van der Waals surface area contributed by atoms with Crippen LogP contribution in [0.3, 0.4) is 0 Å². The highest BCUT2D eigenvalue weighted by Crippen LogP contribution is 2.23. The summed E-state index contributed by atoms with van der Waals surface area (Å²) < 4.78 is 10.1. The van der Waals surface area contributed by atoms with Crippen LogP contribution in [0.2, 0.25) is 0 Å². The Morgan fingerprint density at radius 1 is 0.946 bits per heavy atom. The van der Waals surface area contributed by atoms with Crippen LogP contribution in [-0.4, -0.2) is 43.5 Å². The third kappa shape index (κ3) is 10.0. The van der Waals surface area contributed by atoms with Crippen molar-refractivity contribution < 1.29 is 28.7 Å². The van der Waals surface area contributed by atoms with Gasteiger partial charge in [0.2, 0.25) is 5.91 Å². The molecule has 37 heavy (non-hydrogen) atoms. The third-order valence-corrected chi connectivity index (χ3v) is 5.16. The Balaban J connectivity index is 2.13. The number of unbranched alkanes of at least 4 members (excludes halogenated alkanes) is 1. The summed E-state index contributed by atoms with van der Waals surface area (Å²) in [6, 6.07) is 13.3. The molecule has 1 atom stereocenters. The molecule has 10 nitrogen and oxygen atoms in total. The molecule has 0 heterocycles. The molecule has 0 radical (unpaired) electrons. The van der Waals surface area contributed by atoms with E-state index in [1.807, 2.05) is 6.92 Å². The summed E-state index contributed by atoms with van der Waals surface area (Å²) in [5.74, 6) is -2.59. The first kappa shape index (κ1) is 28.9. The number of hydrogen-bond acceptors (Lipinski definition) is 8. The lowest BCUT2D eigenvalue weighted by Crippen LogP contribution is -2.35. The zero-order valence-corrected chi connectivity index (χ0v) is 21.2. The van der Waals surface area contributed by atoms with Gasteiger partial charge in [0, 0.05) is 16.9 Å². The minimum absolute atomic E-state index is 0.193. The Morgan fingerprint density at radius 2 is 1.68 bits per heavy atom. The molecule has 0 aliphatic rings. The number of carbonyl (C=O) groups excluding carboxylic acids is 4. The van der Waals surface area contributed by atoms with Gasteiger partial charge in [0.1, 0.15) is 6.54 Å². The molecule has 0 spiro atoms. The van der Waals surface area contributed by atoms with Crippen molar-refractivity contribution in [1.82, 2.24) is 5.32 Å². The first-order valence-electron chi connectivity index (χ1n) is 12.0. The van der Waals surface area contributed by atoms with E-state index in [4.69, 9.17) is 15.2 Å². The molecule has 2 rings (SSSR count). The van der Waals surface area contributed by atoms with Gasteiger partial charge in [-0.05, 0) is 49.2 Å². The molecule has 2 aromatic carbocycles. The van der Waals surface area contributed by atoms with Gasteiger partial charge < -0.3 is 31.2 Å². The summed E-state index contributed by atoms with van der Waals surface area (Å²) in [5.41, 5.74) is 7.60. The highest BCUT2D eigenvalue weighted by atomic mass is 16.5. The molecule has 0 saturated carbocycles. The second kappa shape index (κ2) is 14.9. The summed E-state index contributed by atoms with van der Waals surface area (Å²) in [5, 5.41) is 8.15. The van der Waals surface area contributed by atoms with Crippen molar-refractivity contribution in [2.24, 2.45) is 5.73 Å². The van der Waals surface area contributed by atoms with Crippen molar-refractivity contribution in [3.05, 3.63) is 72.1 Å². The van der Waals surface area contributed by atoms with Gasteiger partial charge in [0.15, 0.2) is 0 Å². The van der Waals surface area contributed by atoms with Crippen LogP contribution < -0.4 is 21.7 Å². The van der Waals surface area contributed by atoms with Crippen LogP contribution in [0.4, 0.5) is 11.4 Å². The lowest BCUT2D eigenvalue weighted by Gasteiger charge is -2.17. The van der Waals surface area contributed by atoms with Gasteiger partial charge in [-0.3, -0.25) is 19.2 Å². The molecule has 0 fully saturated rings. The fourth-order valence-electron chi connectivity index (χ4n) is 3.34. The fraction of sp³-hybridized carbons (Fsp3) is 0.333. The molecule has 0 bridgehead atoms. The molecule has 0 aromatic heterocycles. The van der Waals surface area contributed by atoms with Crippen LogP contribution in [0.15, 0.2) is 60.9 Å². The second-order valence-electron chi connectivity index (χ2n) is 8.16. The maximum absolute atomic E-state index is 12.9. The number of benzene rings is 2. The number of amides is 2. The van der Waals surface area contributed by atoms with E-state index in [-0.39, 0.29) is 37.9 Å². The van der Waals surface area contributed by atoms with Crippen molar-refractivity contribution in [3.8, 4) is 0 Å². The highest BCUT2D eigenvalue weighted by molar-refractivity contribution is 6.04. The predicted octanol–water partition coefficient (Wildman–Crippen LogP) is 3.28. The summed E-state index contributed by atoms with van der Waals surface area (Å²) in [6.07, 6.45) is 1.39. The van der Waals surface area contributed by atoms with E-state index < -0.39 is 23.8 Å². The maximum Gasteiger partial charge on any atom is 0.325 e. The minimum atomic E-state index is -0.888. The van der Waals surface area contributed by atoms with Crippen molar-refractivity contribution in [2.75, 3.05) is 30.4 Å². The molecule has 0 aliphatic carbocycles. The fourth-order valence-corrected chi connectivity index (χ4v) is 3.34. The van der Waals surface area contributed by atoms with Gasteiger partial charge in [0.05, 0.1) is 31.4 Å². The van der Waals surface area contributed by atoms with E-state index in [0.717, 1.165) is 12.8 Å². The lowest BCUT2D eigenvalue weighted by atomic mass is 9.94. The van der Waals surface area contributed by atoms with Gasteiger partial charge in [-0.25, -0.2) is 0 Å². The predicted molar refractivity (Wildman–Crippen MR) is 141 cm³/mol. The van der Waals surface area contributed by atoms with Gasteiger partial charge in [-0.15, -0.1) is 0 Å². The number of ether oxygens (including phenoxy) is 2. The van der Waals surface area contributed by atoms with Crippen LogP contribution in [0.5, 0.6) is 0 Å².